The van der Waals surface area contributed by atoms with Crippen LogP contribution < -0.4 is 5.46 Å². The van der Waals surface area contributed by atoms with Crippen LogP contribution in [0.2, 0.25) is 0 Å². The molecule has 6 nitrogen and oxygen atoms in total. The van der Waals surface area contributed by atoms with Gasteiger partial charge in [-0.3, -0.25) is 0 Å². The van der Waals surface area contributed by atoms with E-state index >= 15 is 0 Å². The van der Waals surface area contributed by atoms with Crippen LogP contribution in [0.15, 0.2) is 344 Å². The van der Waals surface area contributed by atoms with Gasteiger partial charge in [0.25, 0.3) is 0 Å². The van der Waals surface area contributed by atoms with Crippen LogP contribution in [-0.4, -0.2) is 38.3 Å². The molecule has 19 rings (SSSR count). The van der Waals surface area contributed by atoms with Crippen molar-refractivity contribution in [3.63, 3.8) is 0 Å². The zero-order valence-corrected chi connectivity index (χ0v) is 58.5. The molecule has 486 valence electrons. The molecule has 0 amide bonds. The summed E-state index contributed by atoms with van der Waals surface area (Å²) >= 11 is 3.57. The second kappa shape index (κ2) is 26.7. The largest absolute Gasteiger partial charge is 0.494 e. The van der Waals surface area contributed by atoms with E-state index in [1.807, 2.05) is 36.4 Å². The first kappa shape index (κ1) is 63.7. The molecule has 14 aromatic carbocycles. The van der Waals surface area contributed by atoms with E-state index in [0.717, 1.165) is 98.6 Å². The maximum absolute atomic E-state index is 6.20. The summed E-state index contributed by atoms with van der Waals surface area (Å²) < 4.78 is 13.5. The summed E-state index contributed by atoms with van der Waals surface area (Å²) in [6.45, 7) is 8.29. The van der Waals surface area contributed by atoms with Crippen molar-refractivity contribution in [1.29, 1.82) is 0 Å². The van der Waals surface area contributed by atoms with Crippen LogP contribution in [0.5, 0.6) is 0 Å². The Labute approximate surface area is 601 Å². The standard InChI is InChI=1S/C44H28N2.C30H27BN2O2.C20H13Br/c1-2-9-30(10-3-1)41-25-23-32-21-22-33-24-26-42(46-44(33)43(32)45-41)31-19-17-29(18-20-31)34-12-8-13-35(27-34)40-28-36-11-4-5-14-37(36)38-15-6-7-16-39(38)40;1-29(2)30(3,4)35-31(34-29)24-16-12-21(13-17-24)26-19-15-23-11-10-22-14-18-25(20-8-6-5-7-9-20)32-27(22)28(23)33-26;21-16-8-5-7-14(12-16)20-13-15-6-1-2-9-17(15)18-10-3-4-11-19(18)20/h1-28H;5-19H,1-4H3;1-13H. The highest BCUT2D eigenvalue weighted by Gasteiger charge is 2.51. The minimum Gasteiger partial charge on any atom is -0.399 e. The van der Waals surface area contributed by atoms with Gasteiger partial charge >= 0.3 is 7.12 Å². The third-order valence-corrected chi connectivity index (χ3v) is 20.8. The van der Waals surface area contributed by atoms with Crippen molar-refractivity contribution < 1.29 is 9.31 Å². The summed E-state index contributed by atoms with van der Waals surface area (Å²) in [5.41, 5.74) is 19.4. The predicted octanol–water partition coefficient (Wildman–Crippen LogP) is 24.6. The molecule has 1 saturated heterocycles. The molecule has 18 aromatic rings. The average molecular weight is 1380 g/mol. The second-order valence-electron chi connectivity index (χ2n) is 27.2. The van der Waals surface area contributed by atoms with Gasteiger partial charge in [-0.15, -0.1) is 0 Å². The first-order valence-corrected chi connectivity index (χ1v) is 35.5. The smallest absolute Gasteiger partial charge is 0.399 e. The van der Waals surface area contributed by atoms with Gasteiger partial charge in [-0.25, -0.2) is 19.9 Å². The normalized spacial score (nSPS) is 13.2. The van der Waals surface area contributed by atoms with Crippen molar-refractivity contribution in [3.05, 3.63) is 344 Å². The van der Waals surface area contributed by atoms with E-state index in [4.69, 9.17) is 29.2 Å². The number of aromatic nitrogens is 4. The van der Waals surface area contributed by atoms with Crippen LogP contribution in [0.1, 0.15) is 27.7 Å². The summed E-state index contributed by atoms with van der Waals surface area (Å²) in [6.07, 6.45) is 0. The van der Waals surface area contributed by atoms with Crippen molar-refractivity contribution in [2.24, 2.45) is 0 Å². The summed E-state index contributed by atoms with van der Waals surface area (Å²) in [5.74, 6) is 0. The molecule has 102 heavy (non-hydrogen) atoms. The van der Waals surface area contributed by atoms with E-state index in [1.165, 1.54) is 76.5 Å². The Bertz CT molecular complexity index is 6210. The van der Waals surface area contributed by atoms with E-state index in [2.05, 4.69) is 347 Å². The fourth-order valence-corrected chi connectivity index (χ4v) is 14.5. The number of hydrogen-bond donors (Lipinski definition) is 0. The number of nitrogens with zero attached hydrogens (tertiary/aromatic N) is 4. The Morgan fingerprint density at radius 2 is 0.559 bits per heavy atom. The van der Waals surface area contributed by atoms with Crippen molar-refractivity contribution in [1.82, 2.24) is 19.9 Å². The molecule has 0 spiro atoms. The minimum absolute atomic E-state index is 0.358. The molecule has 0 bridgehead atoms. The van der Waals surface area contributed by atoms with E-state index in [0.29, 0.717) is 0 Å². The van der Waals surface area contributed by atoms with Gasteiger partial charge in [0.15, 0.2) is 0 Å². The van der Waals surface area contributed by atoms with E-state index < -0.39 is 0 Å². The van der Waals surface area contributed by atoms with Gasteiger partial charge in [0.2, 0.25) is 0 Å². The van der Waals surface area contributed by atoms with Crippen molar-refractivity contribution in [3.8, 4) is 78.4 Å². The van der Waals surface area contributed by atoms with Crippen LogP contribution in [0.4, 0.5) is 0 Å². The van der Waals surface area contributed by atoms with Crippen molar-refractivity contribution >= 4 is 115 Å². The zero-order chi connectivity index (χ0) is 68.9. The van der Waals surface area contributed by atoms with Gasteiger partial charge in [-0.05, 0) is 164 Å². The van der Waals surface area contributed by atoms with Crippen LogP contribution in [0.3, 0.4) is 0 Å². The molecule has 0 aliphatic carbocycles. The van der Waals surface area contributed by atoms with Gasteiger partial charge in [0.1, 0.15) is 0 Å². The van der Waals surface area contributed by atoms with Gasteiger partial charge in [0.05, 0.1) is 56.0 Å². The third-order valence-electron chi connectivity index (χ3n) is 20.3. The molecular weight excluding hydrogens is 1310 g/mol. The molecule has 1 fully saturated rings. The lowest BCUT2D eigenvalue weighted by atomic mass is 9.79. The summed E-state index contributed by atoms with van der Waals surface area (Å²) in [6, 6.07) is 120. The first-order valence-electron chi connectivity index (χ1n) is 34.7. The summed E-state index contributed by atoms with van der Waals surface area (Å²) in [4.78, 5) is 20.3. The molecule has 0 atom stereocenters. The predicted molar refractivity (Wildman–Crippen MR) is 432 cm³/mol. The average Bonchev–Trinajstić information content (AvgIpc) is 1.16. The van der Waals surface area contributed by atoms with E-state index in [-0.39, 0.29) is 18.3 Å². The number of rotatable bonds is 8. The van der Waals surface area contributed by atoms with E-state index in [1.54, 1.807) is 0 Å². The molecule has 1 aliphatic heterocycles. The van der Waals surface area contributed by atoms with Crippen LogP contribution in [-0.2, 0) is 9.31 Å². The molecule has 5 heterocycles. The molecule has 0 saturated carbocycles. The lowest BCUT2D eigenvalue weighted by molar-refractivity contribution is 0.00578. The minimum atomic E-state index is -0.372. The highest BCUT2D eigenvalue weighted by Crippen LogP contribution is 2.41. The van der Waals surface area contributed by atoms with E-state index in [9.17, 15) is 0 Å². The molecule has 0 radical (unpaired) electrons. The molecule has 0 unspecified atom stereocenters. The molecule has 0 N–H and O–H groups in total. The highest BCUT2D eigenvalue weighted by atomic mass is 79.9. The molecule has 8 heteroatoms. The van der Waals surface area contributed by atoms with Gasteiger partial charge in [-0.2, -0.15) is 0 Å². The summed E-state index contributed by atoms with van der Waals surface area (Å²) in [7, 11) is -0.372. The van der Waals surface area contributed by atoms with Gasteiger partial charge in [0, 0.05) is 48.3 Å². The van der Waals surface area contributed by atoms with Crippen LogP contribution >= 0.6 is 15.9 Å². The molecule has 4 aromatic heterocycles. The summed E-state index contributed by atoms with van der Waals surface area (Å²) in [5, 5.41) is 14.6. The Hall–Kier alpha value is -11.8. The zero-order valence-electron chi connectivity index (χ0n) is 56.9. The quantitative estimate of drug-likeness (QED) is 0.112. The Balaban J connectivity index is 0.000000122. The van der Waals surface area contributed by atoms with Crippen molar-refractivity contribution in [2.45, 2.75) is 38.9 Å². The number of halogens is 1. The Kier molecular flexibility index (Phi) is 16.7. The molecular formula is C94H68BBrN4O2. The topological polar surface area (TPSA) is 70.0 Å². The van der Waals surface area contributed by atoms with Crippen molar-refractivity contribution in [2.75, 3.05) is 0 Å². The fraction of sp³-hybridized carbons (Fsp3) is 0.0638. The Morgan fingerprint density at radius 3 is 0.980 bits per heavy atom. The number of pyridine rings is 4. The number of fused-ring (bicyclic) bond motifs is 12. The molecule has 1 aliphatic rings. The highest BCUT2D eigenvalue weighted by molar-refractivity contribution is 9.10. The second-order valence-corrected chi connectivity index (χ2v) is 28.1. The monoisotopic (exact) mass is 1370 g/mol. The lowest BCUT2D eigenvalue weighted by Gasteiger charge is -2.32. The number of benzene rings is 14. The SMILES string of the molecule is Brc1cccc(-c2cc3ccccc3c3ccccc23)c1.CC1(C)OB(c2ccc(-c3ccc4ccc5ccc(-c6ccccc6)nc5c4n3)cc2)OC1(C)C.c1ccc(-c2ccc3ccc4ccc(-c5ccc(-c6cccc(-c7cc8ccccc8c8ccccc78)c6)cc5)nc4c3n2)cc1. The lowest BCUT2D eigenvalue weighted by Crippen LogP contribution is -2.41. The third kappa shape index (κ3) is 12.3. The Morgan fingerprint density at radius 1 is 0.245 bits per heavy atom. The van der Waals surface area contributed by atoms with Gasteiger partial charge < -0.3 is 9.31 Å². The maximum Gasteiger partial charge on any atom is 0.494 e. The first-order chi connectivity index (χ1) is 49.9. The fourth-order valence-electron chi connectivity index (χ4n) is 14.1. The number of hydrogen-bond acceptors (Lipinski definition) is 6. The van der Waals surface area contributed by atoms with Crippen LogP contribution in [0, 0.1) is 0 Å². The van der Waals surface area contributed by atoms with Gasteiger partial charge in [-0.1, -0.05) is 301 Å². The maximum atomic E-state index is 6.20. The van der Waals surface area contributed by atoms with Crippen LogP contribution in [0.25, 0.3) is 165 Å².